The summed E-state index contributed by atoms with van der Waals surface area (Å²) in [6, 6.07) is 0. The van der Waals surface area contributed by atoms with Gasteiger partial charge in [0.15, 0.2) is 0 Å². The standard InChI is InChI=1S/C11H16BrN3/c1-7(5-13)10-9(12)6-14-11(15-10)8-3-2-4-8/h6-8H,2-5,13H2,1H3. The van der Waals surface area contributed by atoms with E-state index in [1.165, 1.54) is 19.3 Å². The van der Waals surface area contributed by atoms with Crippen LogP contribution in [0, 0.1) is 0 Å². The van der Waals surface area contributed by atoms with E-state index >= 15 is 0 Å². The van der Waals surface area contributed by atoms with E-state index in [0.29, 0.717) is 18.4 Å². The average Bonchev–Trinajstić information content (AvgIpc) is 2.17. The monoisotopic (exact) mass is 269 g/mol. The van der Waals surface area contributed by atoms with Crippen LogP contribution in [0.2, 0.25) is 0 Å². The largest absolute Gasteiger partial charge is 0.330 e. The molecule has 1 atom stereocenters. The van der Waals surface area contributed by atoms with E-state index in [9.17, 15) is 0 Å². The van der Waals surface area contributed by atoms with Crippen LogP contribution in [-0.2, 0) is 0 Å². The third-order valence-electron chi connectivity index (χ3n) is 3.08. The van der Waals surface area contributed by atoms with Gasteiger partial charge in [0.05, 0.1) is 10.2 Å². The minimum atomic E-state index is 0.293. The first kappa shape index (κ1) is 11.0. The first-order chi connectivity index (χ1) is 7.22. The molecule has 4 heteroatoms. The molecule has 2 rings (SSSR count). The fraction of sp³-hybridized carbons (Fsp3) is 0.636. The van der Waals surface area contributed by atoms with Crippen molar-refractivity contribution in [2.45, 2.75) is 38.0 Å². The van der Waals surface area contributed by atoms with Crippen molar-refractivity contribution in [1.82, 2.24) is 9.97 Å². The highest BCUT2D eigenvalue weighted by atomic mass is 79.9. The van der Waals surface area contributed by atoms with Gasteiger partial charge in [0.25, 0.3) is 0 Å². The van der Waals surface area contributed by atoms with E-state index in [0.717, 1.165) is 16.0 Å². The summed E-state index contributed by atoms with van der Waals surface area (Å²) in [4.78, 5) is 9.01. The molecule has 2 N–H and O–H groups in total. The van der Waals surface area contributed by atoms with Crippen molar-refractivity contribution in [2.75, 3.05) is 6.54 Å². The average molecular weight is 270 g/mol. The summed E-state index contributed by atoms with van der Waals surface area (Å²) in [5, 5.41) is 0. The number of hydrogen-bond donors (Lipinski definition) is 1. The quantitative estimate of drug-likeness (QED) is 0.918. The molecule has 0 spiro atoms. The van der Waals surface area contributed by atoms with Crippen molar-refractivity contribution in [3.8, 4) is 0 Å². The van der Waals surface area contributed by atoms with Gasteiger partial charge in [-0.3, -0.25) is 0 Å². The number of rotatable bonds is 3. The van der Waals surface area contributed by atoms with Gasteiger partial charge in [-0.25, -0.2) is 9.97 Å². The van der Waals surface area contributed by atoms with Crippen molar-refractivity contribution >= 4 is 15.9 Å². The summed E-state index contributed by atoms with van der Waals surface area (Å²) in [5.41, 5.74) is 6.71. The molecule has 1 aliphatic rings. The Morgan fingerprint density at radius 1 is 1.60 bits per heavy atom. The number of halogens is 1. The zero-order valence-corrected chi connectivity index (χ0v) is 10.5. The predicted molar refractivity (Wildman–Crippen MR) is 63.8 cm³/mol. The van der Waals surface area contributed by atoms with Gasteiger partial charge in [-0.15, -0.1) is 0 Å². The summed E-state index contributed by atoms with van der Waals surface area (Å²) in [7, 11) is 0. The fourth-order valence-electron chi connectivity index (χ4n) is 1.71. The summed E-state index contributed by atoms with van der Waals surface area (Å²) < 4.78 is 0.975. The number of nitrogens with two attached hydrogens (primary N) is 1. The molecule has 0 amide bonds. The smallest absolute Gasteiger partial charge is 0.131 e. The lowest BCUT2D eigenvalue weighted by Crippen LogP contribution is -2.17. The van der Waals surface area contributed by atoms with E-state index in [4.69, 9.17) is 5.73 Å². The summed E-state index contributed by atoms with van der Waals surface area (Å²) in [5.74, 6) is 1.88. The van der Waals surface area contributed by atoms with Gasteiger partial charge < -0.3 is 5.73 Å². The van der Waals surface area contributed by atoms with Crippen molar-refractivity contribution < 1.29 is 0 Å². The Bertz CT molecular complexity index is 350. The van der Waals surface area contributed by atoms with Crippen molar-refractivity contribution in [1.29, 1.82) is 0 Å². The second kappa shape index (κ2) is 4.58. The maximum absolute atomic E-state index is 5.66. The molecule has 1 saturated carbocycles. The van der Waals surface area contributed by atoms with Gasteiger partial charge in [0.2, 0.25) is 0 Å². The second-order valence-electron chi connectivity index (χ2n) is 4.23. The predicted octanol–water partition coefficient (Wildman–Crippen LogP) is 2.57. The van der Waals surface area contributed by atoms with Crippen LogP contribution >= 0.6 is 15.9 Å². The molecule has 0 aliphatic heterocycles. The van der Waals surface area contributed by atoms with Gasteiger partial charge in [-0.05, 0) is 28.8 Å². The Morgan fingerprint density at radius 3 is 2.87 bits per heavy atom. The molecule has 3 nitrogen and oxygen atoms in total. The molecule has 15 heavy (non-hydrogen) atoms. The van der Waals surface area contributed by atoms with Crippen LogP contribution in [0.5, 0.6) is 0 Å². The van der Waals surface area contributed by atoms with Gasteiger partial charge in [-0.2, -0.15) is 0 Å². The minimum Gasteiger partial charge on any atom is -0.330 e. The van der Waals surface area contributed by atoms with E-state index in [2.05, 4.69) is 32.8 Å². The van der Waals surface area contributed by atoms with Crippen molar-refractivity contribution in [3.63, 3.8) is 0 Å². The fourth-order valence-corrected chi connectivity index (χ4v) is 2.30. The minimum absolute atomic E-state index is 0.293. The lowest BCUT2D eigenvalue weighted by molar-refractivity contribution is 0.399. The Balaban J connectivity index is 2.27. The molecule has 1 aliphatic carbocycles. The molecule has 1 fully saturated rings. The molecule has 1 aromatic rings. The van der Waals surface area contributed by atoms with Crippen LogP contribution in [0.4, 0.5) is 0 Å². The maximum atomic E-state index is 5.66. The van der Waals surface area contributed by atoms with Gasteiger partial charge >= 0.3 is 0 Å². The summed E-state index contributed by atoms with van der Waals surface area (Å²) in [6.45, 7) is 2.72. The molecule has 1 heterocycles. The first-order valence-electron chi connectivity index (χ1n) is 5.44. The van der Waals surface area contributed by atoms with Crippen LogP contribution in [-0.4, -0.2) is 16.5 Å². The normalized spacial score (nSPS) is 18.6. The molecule has 0 saturated heterocycles. The molecule has 1 unspecified atom stereocenters. The Labute approximate surface area is 98.6 Å². The number of aromatic nitrogens is 2. The number of hydrogen-bond acceptors (Lipinski definition) is 3. The molecular formula is C11H16BrN3. The SMILES string of the molecule is CC(CN)c1nc(C2CCC2)ncc1Br. The lowest BCUT2D eigenvalue weighted by atomic mass is 9.85. The lowest BCUT2D eigenvalue weighted by Gasteiger charge is -2.24. The highest BCUT2D eigenvalue weighted by Gasteiger charge is 2.23. The van der Waals surface area contributed by atoms with Gasteiger partial charge in [-0.1, -0.05) is 13.3 Å². The molecular weight excluding hydrogens is 254 g/mol. The molecule has 1 aromatic heterocycles. The maximum Gasteiger partial charge on any atom is 0.131 e. The van der Waals surface area contributed by atoms with Crippen LogP contribution in [0.3, 0.4) is 0 Å². The van der Waals surface area contributed by atoms with Gasteiger partial charge in [0, 0.05) is 24.6 Å². The van der Waals surface area contributed by atoms with Crippen molar-refractivity contribution in [3.05, 3.63) is 22.2 Å². The van der Waals surface area contributed by atoms with E-state index in [-0.39, 0.29) is 0 Å². The van der Waals surface area contributed by atoms with Crippen LogP contribution < -0.4 is 5.73 Å². The first-order valence-corrected chi connectivity index (χ1v) is 6.24. The zero-order valence-electron chi connectivity index (χ0n) is 8.91. The second-order valence-corrected chi connectivity index (χ2v) is 5.08. The molecule has 0 aromatic carbocycles. The van der Waals surface area contributed by atoms with Crippen molar-refractivity contribution in [2.24, 2.45) is 5.73 Å². The Morgan fingerprint density at radius 2 is 2.33 bits per heavy atom. The zero-order chi connectivity index (χ0) is 10.8. The van der Waals surface area contributed by atoms with E-state index in [1.54, 1.807) is 0 Å². The van der Waals surface area contributed by atoms with Crippen LogP contribution in [0.15, 0.2) is 10.7 Å². The highest BCUT2D eigenvalue weighted by molar-refractivity contribution is 9.10. The van der Waals surface area contributed by atoms with Crippen LogP contribution in [0.1, 0.15) is 49.5 Å². The third kappa shape index (κ3) is 2.21. The Kier molecular flexibility index (Phi) is 3.36. The third-order valence-corrected chi connectivity index (χ3v) is 3.69. The molecule has 0 radical (unpaired) electrons. The van der Waals surface area contributed by atoms with E-state index < -0.39 is 0 Å². The van der Waals surface area contributed by atoms with E-state index in [1.807, 2.05) is 6.20 Å². The summed E-state index contributed by atoms with van der Waals surface area (Å²) in [6.07, 6.45) is 5.64. The topological polar surface area (TPSA) is 51.8 Å². The number of nitrogens with zero attached hydrogens (tertiary/aromatic N) is 2. The highest BCUT2D eigenvalue weighted by Crippen LogP contribution is 2.35. The van der Waals surface area contributed by atoms with Gasteiger partial charge in [0.1, 0.15) is 5.82 Å². The van der Waals surface area contributed by atoms with Crippen LogP contribution in [0.25, 0.3) is 0 Å². The molecule has 82 valence electrons. The molecule has 0 bridgehead atoms. The Hall–Kier alpha value is -0.480. The summed E-state index contributed by atoms with van der Waals surface area (Å²) >= 11 is 3.48.